The number of rotatable bonds is 6. The third-order valence-electron chi connectivity index (χ3n) is 7.16. The van der Waals surface area contributed by atoms with Gasteiger partial charge < -0.3 is 9.80 Å². The van der Waals surface area contributed by atoms with E-state index >= 15 is 0 Å². The summed E-state index contributed by atoms with van der Waals surface area (Å²) in [5, 5.41) is 5.21. The summed E-state index contributed by atoms with van der Waals surface area (Å²) in [6, 6.07) is 13.7. The molecular formula is C27H33ClN6O. The minimum absolute atomic E-state index is 0.0970. The van der Waals surface area contributed by atoms with Gasteiger partial charge >= 0.3 is 0 Å². The Morgan fingerprint density at radius 3 is 2.69 bits per heavy atom. The molecule has 1 amide bonds. The van der Waals surface area contributed by atoms with Crippen LogP contribution in [-0.4, -0.2) is 76.3 Å². The summed E-state index contributed by atoms with van der Waals surface area (Å²) in [7, 11) is 0. The molecule has 0 bridgehead atoms. The van der Waals surface area contributed by atoms with Crippen LogP contribution in [0.2, 0.25) is 5.02 Å². The lowest BCUT2D eigenvalue weighted by Gasteiger charge is -2.39. The molecule has 2 fully saturated rings. The van der Waals surface area contributed by atoms with Crippen molar-refractivity contribution in [2.24, 2.45) is 5.92 Å². The number of hydrogen-bond acceptors (Lipinski definition) is 5. The topological polar surface area (TPSA) is 57.5 Å². The number of piperidine rings is 1. The number of aromatic nitrogens is 3. The third kappa shape index (κ3) is 5.36. The maximum atomic E-state index is 13.5. The normalized spacial score (nSPS) is 19.2. The summed E-state index contributed by atoms with van der Waals surface area (Å²) >= 11 is 6.19. The molecule has 0 radical (unpaired) electrons. The van der Waals surface area contributed by atoms with Gasteiger partial charge in [0.25, 0.3) is 5.91 Å². The fourth-order valence-electron chi connectivity index (χ4n) is 5.36. The van der Waals surface area contributed by atoms with Gasteiger partial charge in [0.1, 0.15) is 5.82 Å². The van der Waals surface area contributed by atoms with Gasteiger partial charge in [-0.1, -0.05) is 30.7 Å². The van der Waals surface area contributed by atoms with Crippen molar-refractivity contribution in [3.63, 3.8) is 0 Å². The Hall–Kier alpha value is -2.90. The summed E-state index contributed by atoms with van der Waals surface area (Å²) in [6.45, 7) is 8.80. The standard InChI is InChI=1S/C27H33ClN6O/c1-2-25-24(18-30-34(25)23-9-5-8-22(28)17-23)27(35)33-12-6-7-21(20-33)19-31-13-15-32(16-14-31)26-10-3-4-11-29-26/h3-5,8-11,17-18,21H,2,6-7,12-16,19-20H2,1H3. The molecule has 5 rings (SSSR count). The zero-order valence-electron chi connectivity index (χ0n) is 20.3. The molecule has 1 unspecified atom stereocenters. The monoisotopic (exact) mass is 492 g/mol. The highest BCUT2D eigenvalue weighted by Gasteiger charge is 2.29. The van der Waals surface area contributed by atoms with Crippen molar-refractivity contribution >= 4 is 23.3 Å². The van der Waals surface area contributed by atoms with E-state index in [4.69, 9.17) is 11.6 Å². The molecule has 8 heteroatoms. The van der Waals surface area contributed by atoms with Gasteiger partial charge in [-0.2, -0.15) is 5.10 Å². The van der Waals surface area contributed by atoms with E-state index in [0.717, 1.165) is 75.9 Å². The number of piperazine rings is 1. The maximum Gasteiger partial charge on any atom is 0.257 e. The molecule has 0 aliphatic carbocycles. The second kappa shape index (κ2) is 10.8. The third-order valence-corrected chi connectivity index (χ3v) is 7.39. The van der Waals surface area contributed by atoms with E-state index in [-0.39, 0.29) is 5.91 Å². The van der Waals surface area contributed by atoms with E-state index in [1.807, 2.05) is 52.2 Å². The Labute approximate surface area is 212 Å². The maximum absolute atomic E-state index is 13.5. The molecular weight excluding hydrogens is 460 g/mol. The minimum Gasteiger partial charge on any atom is -0.354 e. The van der Waals surface area contributed by atoms with Crippen LogP contribution in [-0.2, 0) is 6.42 Å². The number of hydrogen-bond donors (Lipinski definition) is 0. The predicted octanol–water partition coefficient (Wildman–Crippen LogP) is 4.16. The van der Waals surface area contributed by atoms with Crippen molar-refractivity contribution in [2.45, 2.75) is 26.2 Å². The zero-order valence-corrected chi connectivity index (χ0v) is 21.1. The van der Waals surface area contributed by atoms with Gasteiger partial charge in [-0.05, 0) is 55.5 Å². The molecule has 35 heavy (non-hydrogen) atoms. The number of amides is 1. The Bertz CT molecular complexity index is 1140. The summed E-state index contributed by atoms with van der Waals surface area (Å²) in [5.74, 6) is 1.66. The highest BCUT2D eigenvalue weighted by Crippen LogP contribution is 2.24. The van der Waals surface area contributed by atoms with Crippen molar-refractivity contribution in [2.75, 3.05) is 50.7 Å². The fraction of sp³-hybridized carbons (Fsp3) is 0.444. The lowest BCUT2D eigenvalue weighted by Crippen LogP contribution is -2.50. The molecule has 0 saturated carbocycles. The zero-order chi connectivity index (χ0) is 24.2. The smallest absolute Gasteiger partial charge is 0.257 e. The molecule has 4 heterocycles. The van der Waals surface area contributed by atoms with Crippen LogP contribution in [0.4, 0.5) is 5.82 Å². The van der Waals surface area contributed by atoms with E-state index in [0.29, 0.717) is 16.5 Å². The molecule has 0 N–H and O–H groups in total. The van der Waals surface area contributed by atoms with Crippen LogP contribution in [0.5, 0.6) is 0 Å². The lowest BCUT2D eigenvalue weighted by atomic mass is 9.96. The molecule has 1 atom stereocenters. The molecule has 2 aliphatic heterocycles. The first-order valence-corrected chi connectivity index (χ1v) is 13.0. The highest BCUT2D eigenvalue weighted by atomic mass is 35.5. The van der Waals surface area contributed by atoms with Crippen molar-refractivity contribution in [1.29, 1.82) is 0 Å². The number of carbonyl (C=O) groups is 1. The molecule has 1 aromatic carbocycles. The first-order valence-electron chi connectivity index (χ1n) is 12.6. The van der Waals surface area contributed by atoms with Crippen molar-refractivity contribution in [1.82, 2.24) is 24.6 Å². The number of likely N-dealkylation sites (tertiary alicyclic amines) is 1. The summed E-state index contributed by atoms with van der Waals surface area (Å²) in [4.78, 5) is 25.0. The van der Waals surface area contributed by atoms with E-state index in [2.05, 4.69) is 32.9 Å². The number of nitrogens with zero attached hydrogens (tertiary/aromatic N) is 6. The fourth-order valence-corrected chi connectivity index (χ4v) is 5.54. The quantitative estimate of drug-likeness (QED) is 0.517. The average molecular weight is 493 g/mol. The predicted molar refractivity (Wildman–Crippen MR) is 139 cm³/mol. The van der Waals surface area contributed by atoms with Crippen molar-refractivity contribution < 1.29 is 4.79 Å². The van der Waals surface area contributed by atoms with Crippen LogP contribution in [0.25, 0.3) is 5.69 Å². The average Bonchev–Trinajstić information content (AvgIpc) is 3.34. The molecule has 2 saturated heterocycles. The number of anilines is 1. The summed E-state index contributed by atoms with van der Waals surface area (Å²) < 4.78 is 1.85. The van der Waals surface area contributed by atoms with Crippen LogP contribution in [0, 0.1) is 5.92 Å². The van der Waals surface area contributed by atoms with Gasteiger partial charge in [-0.3, -0.25) is 9.69 Å². The van der Waals surface area contributed by atoms with E-state index in [9.17, 15) is 4.79 Å². The number of benzene rings is 1. The minimum atomic E-state index is 0.0970. The van der Waals surface area contributed by atoms with Crippen LogP contribution in [0.15, 0.2) is 54.9 Å². The van der Waals surface area contributed by atoms with Gasteiger partial charge in [0.15, 0.2) is 0 Å². The second-order valence-electron chi connectivity index (χ2n) is 9.49. The number of halogens is 1. The van der Waals surface area contributed by atoms with E-state index < -0.39 is 0 Å². The lowest BCUT2D eigenvalue weighted by molar-refractivity contribution is 0.0636. The van der Waals surface area contributed by atoms with Crippen LogP contribution >= 0.6 is 11.6 Å². The van der Waals surface area contributed by atoms with Gasteiger partial charge in [-0.25, -0.2) is 9.67 Å². The molecule has 2 aliphatic rings. The van der Waals surface area contributed by atoms with Crippen LogP contribution in [0.1, 0.15) is 35.8 Å². The number of pyridine rings is 1. The molecule has 2 aromatic heterocycles. The first-order chi connectivity index (χ1) is 17.1. The summed E-state index contributed by atoms with van der Waals surface area (Å²) in [5.41, 5.74) is 2.52. The van der Waals surface area contributed by atoms with Crippen molar-refractivity contribution in [3.8, 4) is 5.69 Å². The van der Waals surface area contributed by atoms with Crippen molar-refractivity contribution in [3.05, 3.63) is 71.1 Å². The van der Waals surface area contributed by atoms with Gasteiger partial charge in [0.05, 0.1) is 23.1 Å². The van der Waals surface area contributed by atoms with E-state index in [1.54, 1.807) is 6.20 Å². The highest BCUT2D eigenvalue weighted by molar-refractivity contribution is 6.30. The molecule has 3 aromatic rings. The number of carbonyl (C=O) groups excluding carboxylic acids is 1. The van der Waals surface area contributed by atoms with Crippen LogP contribution in [0.3, 0.4) is 0 Å². The SMILES string of the molecule is CCc1c(C(=O)N2CCCC(CN3CCN(c4ccccn4)CC3)C2)cnn1-c1cccc(Cl)c1. The van der Waals surface area contributed by atoms with Gasteiger partial charge in [0, 0.05) is 57.0 Å². The Balaban J connectivity index is 1.21. The van der Waals surface area contributed by atoms with Gasteiger partial charge in [-0.15, -0.1) is 0 Å². The Morgan fingerprint density at radius 1 is 1.09 bits per heavy atom. The Morgan fingerprint density at radius 2 is 1.94 bits per heavy atom. The molecule has 184 valence electrons. The Kier molecular flexibility index (Phi) is 7.35. The molecule has 7 nitrogen and oxygen atoms in total. The van der Waals surface area contributed by atoms with Gasteiger partial charge in [0.2, 0.25) is 0 Å². The first kappa shape index (κ1) is 23.8. The largest absolute Gasteiger partial charge is 0.354 e. The second-order valence-corrected chi connectivity index (χ2v) is 9.92. The van der Waals surface area contributed by atoms with E-state index in [1.165, 1.54) is 6.42 Å². The van der Waals surface area contributed by atoms with Crippen LogP contribution < -0.4 is 4.90 Å². The summed E-state index contributed by atoms with van der Waals surface area (Å²) in [6.07, 6.45) is 6.53. The molecule has 0 spiro atoms.